The van der Waals surface area contributed by atoms with E-state index >= 15 is 0 Å². The molecule has 2 N–H and O–H groups in total. The number of rotatable bonds is 4. The highest BCUT2D eigenvalue weighted by molar-refractivity contribution is 8.00. The normalized spacial score (nSPS) is 13.2. The third kappa shape index (κ3) is 3.93. The van der Waals surface area contributed by atoms with E-state index in [-0.39, 0.29) is 11.8 Å². The molecule has 1 heterocycles. The summed E-state index contributed by atoms with van der Waals surface area (Å²) in [6, 6.07) is 13.8. The molecule has 0 aliphatic carbocycles. The van der Waals surface area contributed by atoms with Crippen molar-refractivity contribution < 1.29 is 9.59 Å². The predicted octanol–water partition coefficient (Wildman–Crippen LogP) is 2.90. The Morgan fingerprint density at radius 1 is 1.26 bits per heavy atom. The molecular weight excluding hydrogens is 308 g/mol. The Morgan fingerprint density at radius 2 is 2.09 bits per heavy atom. The van der Waals surface area contributed by atoms with Crippen LogP contribution >= 0.6 is 11.8 Å². The third-order valence-corrected chi connectivity index (χ3v) is 4.85. The summed E-state index contributed by atoms with van der Waals surface area (Å²) < 4.78 is 0. The van der Waals surface area contributed by atoms with Gasteiger partial charge in [0, 0.05) is 11.4 Å². The van der Waals surface area contributed by atoms with Crippen LogP contribution in [0.1, 0.15) is 16.7 Å². The van der Waals surface area contributed by atoms with Crippen molar-refractivity contribution in [2.45, 2.75) is 24.8 Å². The highest BCUT2D eigenvalue weighted by atomic mass is 32.2. The van der Waals surface area contributed by atoms with E-state index in [4.69, 9.17) is 0 Å². The van der Waals surface area contributed by atoms with E-state index in [1.54, 1.807) is 0 Å². The van der Waals surface area contributed by atoms with Crippen LogP contribution in [0.3, 0.4) is 0 Å². The predicted molar refractivity (Wildman–Crippen MR) is 92.5 cm³/mol. The maximum absolute atomic E-state index is 12.1. The van der Waals surface area contributed by atoms with Crippen molar-refractivity contribution in [2.24, 2.45) is 0 Å². The van der Waals surface area contributed by atoms with Crippen LogP contribution in [-0.2, 0) is 22.6 Å². The molecule has 4 nitrogen and oxygen atoms in total. The molecule has 2 amide bonds. The van der Waals surface area contributed by atoms with Gasteiger partial charge in [0.1, 0.15) is 0 Å². The van der Waals surface area contributed by atoms with Crippen LogP contribution in [0, 0.1) is 6.92 Å². The number of aryl methyl sites for hydroxylation is 1. The molecule has 0 fully saturated rings. The van der Waals surface area contributed by atoms with E-state index < -0.39 is 0 Å². The first-order chi connectivity index (χ1) is 11.1. The second-order valence-corrected chi connectivity index (χ2v) is 6.56. The molecule has 2 aromatic carbocycles. The monoisotopic (exact) mass is 326 g/mol. The van der Waals surface area contributed by atoms with Crippen molar-refractivity contribution >= 4 is 29.3 Å². The van der Waals surface area contributed by atoms with E-state index in [1.807, 2.05) is 49.4 Å². The molecule has 1 aliphatic heterocycles. The lowest BCUT2D eigenvalue weighted by Crippen LogP contribution is -2.25. The van der Waals surface area contributed by atoms with Gasteiger partial charge in [-0.15, -0.1) is 11.8 Å². The minimum absolute atomic E-state index is 0.00423. The molecule has 23 heavy (non-hydrogen) atoms. The summed E-state index contributed by atoms with van der Waals surface area (Å²) in [5, 5.41) is 5.80. The van der Waals surface area contributed by atoms with Crippen LogP contribution < -0.4 is 10.6 Å². The average Bonchev–Trinajstić information content (AvgIpc) is 2.54. The number of carbonyl (C=O) groups is 2. The topological polar surface area (TPSA) is 58.2 Å². The number of hydrogen-bond donors (Lipinski definition) is 2. The summed E-state index contributed by atoms with van der Waals surface area (Å²) in [5.74, 6) is 0.471. The summed E-state index contributed by atoms with van der Waals surface area (Å²) >= 11 is 1.53. The lowest BCUT2D eigenvalue weighted by atomic mass is 10.1. The molecular formula is C18H18N2O2S. The first-order valence-corrected chi connectivity index (χ1v) is 8.47. The Bertz CT molecular complexity index is 758. The highest BCUT2D eigenvalue weighted by Gasteiger charge is 2.15. The van der Waals surface area contributed by atoms with E-state index in [0.717, 1.165) is 27.3 Å². The smallest absolute Gasteiger partial charge is 0.234 e. The molecule has 0 unspecified atom stereocenters. The molecule has 1 aliphatic rings. The SMILES string of the molecule is Cc1ccccc1CC(=O)NCc1ccc2c(c1)NC(=O)CS2. The lowest BCUT2D eigenvalue weighted by Gasteiger charge is -2.17. The summed E-state index contributed by atoms with van der Waals surface area (Å²) in [6.07, 6.45) is 0.379. The van der Waals surface area contributed by atoms with Crippen LogP contribution in [0.25, 0.3) is 0 Å². The van der Waals surface area contributed by atoms with Gasteiger partial charge in [0.2, 0.25) is 11.8 Å². The van der Waals surface area contributed by atoms with Crippen LogP contribution in [0.15, 0.2) is 47.4 Å². The van der Waals surface area contributed by atoms with Gasteiger partial charge >= 0.3 is 0 Å². The molecule has 118 valence electrons. The fourth-order valence-electron chi connectivity index (χ4n) is 2.48. The standard InChI is InChI=1S/C18H18N2O2S/c1-12-4-2-3-5-14(12)9-17(21)19-10-13-6-7-16-15(8-13)20-18(22)11-23-16/h2-8H,9-11H2,1H3,(H,19,21)(H,20,22). The number of hydrogen-bond acceptors (Lipinski definition) is 3. The molecule has 0 bridgehead atoms. The lowest BCUT2D eigenvalue weighted by molar-refractivity contribution is -0.120. The largest absolute Gasteiger partial charge is 0.352 e. The van der Waals surface area contributed by atoms with Crippen LogP contribution in [0.2, 0.25) is 0 Å². The first kappa shape index (κ1) is 15.6. The number of thioether (sulfide) groups is 1. The Hall–Kier alpha value is -2.27. The number of benzene rings is 2. The molecule has 0 saturated carbocycles. The molecule has 5 heteroatoms. The molecule has 0 atom stereocenters. The summed E-state index contributed by atoms with van der Waals surface area (Å²) in [6.45, 7) is 2.46. The summed E-state index contributed by atoms with van der Waals surface area (Å²) in [5.41, 5.74) is 3.97. The van der Waals surface area contributed by atoms with Gasteiger partial charge in [-0.3, -0.25) is 9.59 Å². The number of amides is 2. The second kappa shape index (κ2) is 6.87. The molecule has 0 aromatic heterocycles. The molecule has 0 spiro atoms. The number of anilines is 1. The second-order valence-electron chi connectivity index (χ2n) is 5.55. The minimum atomic E-state index is -0.00423. The molecule has 0 saturated heterocycles. The van der Waals surface area contributed by atoms with Crippen molar-refractivity contribution in [1.82, 2.24) is 5.32 Å². The van der Waals surface area contributed by atoms with Crippen LogP contribution in [0.4, 0.5) is 5.69 Å². The minimum Gasteiger partial charge on any atom is -0.352 e. The highest BCUT2D eigenvalue weighted by Crippen LogP contribution is 2.31. The van der Waals surface area contributed by atoms with Gasteiger partial charge in [-0.25, -0.2) is 0 Å². The van der Waals surface area contributed by atoms with E-state index in [2.05, 4.69) is 10.6 Å². The third-order valence-electron chi connectivity index (χ3n) is 3.78. The first-order valence-electron chi connectivity index (χ1n) is 7.48. The van der Waals surface area contributed by atoms with Crippen molar-refractivity contribution in [3.05, 3.63) is 59.2 Å². The Balaban J connectivity index is 1.60. The van der Waals surface area contributed by atoms with Gasteiger partial charge in [0.05, 0.1) is 17.9 Å². The average molecular weight is 326 g/mol. The van der Waals surface area contributed by atoms with E-state index in [9.17, 15) is 9.59 Å². The molecule has 2 aromatic rings. The van der Waals surface area contributed by atoms with Crippen molar-refractivity contribution in [1.29, 1.82) is 0 Å². The summed E-state index contributed by atoms with van der Waals surface area (Å²) in [7, 11) is 0. The molecule has 3 rings (SSSR count). The fraction of sp³-hybridized carbons (Fsp3) is 0.222. The van der Waals surface area contributed by atoms with Crippen molar-refractivity contribution in [3.63, 3.8) is 0 Å². The van der Waals surface area contributed by atoms with Crippen LogP contribution in [-0.4, -0.2) is 17.6 Å². The zero-order valence-electron chi connectivity index (χ0n) is 12.9. The Kier molecular flexibility index (Phi) is 4.67. The van der Waals surface area contributed by atoms with Crippen molar-refractivity contribution in [3.8, 4) is 0 Å². The van der Waals surface area contributed by atoms with Gasteiger partial charge in [-0.1, -0.05) is 30.3 Å². The van der Waals surface area contributed by atoms with E-state index in [1.165, 1.54) is 11.8 Å². The van der Waals surface area contributed by atoms with E-state index in [0.29, 0.717) is 18.7 Å². The zero-order chi connectivity index (χ0) is 16.2. The Morgan fingerprint density at radius 3 is 2.91 bits per heavy atom. The van der Waals surface area contributed by atoms with Gasteiger partial charge in [0.15, 0.2) is 0 Å². The quantitative estimate of drug-likeness (QED) is 0.908. The van der Waals surface area contributed by atoms with Crippen molar-refractivity contribution in [2.75, 3.05) is 11.1 Å². The maximum atomic E-state index is 12.1. The number of fused-ring (bicyclic) bond motifs is 1. The Labute approximate surface area is 139 Å². The number of nitrogens with one attached hydrogen (secondary N) is 2. The fourth-order valence-corrected chi connectivity index (χ4v) is 3.27. The van der Waals surface area contributed by atoms with Gasteiger partial charge in [-0.05, 0) is 35.7 Å². The van der Waals surface area contributed by atoms with Gasteiger partial charge in [0.25, 0.3) is 0 Å². The zero-order valence-corrected chi connectivity index (χ0v) is 13.7. The number of carbonyl (C=O) groups excluding carboxylic acids is 2. The van der Waals surface area contributed by atoms with Crippen LogP contribution in [0.5, 0.6) is 0 Å². The van der Waals surface area contributed by atoms with Gasteiger partial charge in [-0.2, -0.15) is 0 Å². The van der Waals surface area contributed by atoms with Gasteiger partial charge < -0.3 is 10.6 Å². The molecule has 0 radical (unpaired) electrons. The maximum Gasteiger partial charge on any atom is 0.234 e. The summed E-state index contributed by atoms with van der Waals surface area (Å²) in [4.78, 5) is 24.6.